The molecule has 3 atom stereocenters. The minimum absolute atomic E-state index is 0.324. The zero-order valence-electron chi connectivity index (χ0n) is 13.1. The van der Waals surface area contributed by atoms with E-state index in [2.05, 4.69) is 62.3 Å². The second-order valence-electron chi connectivity index (χ2n) is 5.39. The van der Waals surface area contributed by atoms with E-state index in [0.717, 1.165) is 6.61 Å². The minimum Gasteiger partial charge on any atom is -0.383 e. The summed E-state index contributed by atoms with van der Waals surface area (Å²) < 4.78 is 5.25. The third kappa shape index (κ3) is 4.30. The monoisotopic (exact) mass is 264 g/mol. The summed E-state index contributed by atoms with van der Waals surface area (Å²) in [6.45, 7) is 7.33. The van der Waals surface area contributed by atoms with Crippen molar-refractivity contribution in [2.75, 3.05) is 27.8 Å². The summed E-state index contributed by atoms with van der Waals surface area (Å²) in [5, 5.41) is 3.43. The highest BCUT2D eigenvalue weighted by Crippen LogP contribution is 2.21. The molecule has 1 aromatic carbocycles. The van der Waals surface area contributed by atoms with Crippen molar-refractivity contribution in [1.82, 2.24) is 10.2 Å². The first-order chi connectivity index (χ1) is 9.01. The fourth-order valence-electron chi connectivity index (χ4n) is 2.46. The molecule has 108 valence electrons. The molecular weight excluding hydrogens is 236 g/mol. The van der Waals surface area contributed by atoms with Crippen LogP contribution in [0.1, 0.15) is 31.0 Å². The van der Waals surface area contributed by atoms with Gasteiger partial charge in [0.25, 0.3) is 0 Å². The van der Waals surface area contributed by atoms with Gasteiger partial charge in [-0.05, 0) is 40.4 Å². The highest BCUT2D eigenvalue weighted by Gasteiger charge is 2.24. The van der Waals surface area contributed by atoms with Crippen molar-refractivity contribution < 1.29 is 4.74 Å². The first-order valence-electron chi connectivity index (χ1n) is 6.96. The van der Waals surface area contributed by atoms with E-state index in [1.807, 2.05) is 7.05 Å². The molecule has 0 aliphatic heterocycles. The standard InChI is InChI=1S/C16H28N2O/c1-12-7-9-15(10-8-12)16(17-4)14(3)18(5)13(2)11-19-6/h7-10,13-14,16-17H,11H2,1-6H3. The first-order valence-corrected chi connectivity index (χ1v) is 6.96. The summed E-state index contributed by atoms with van der Waals surface area (Å²) in [5.74, 6) is 0. The summed E-state index contributed by atoms with van der Waals surface area (Å²) in [5.41, 5.74) is 2.63. The van der Waals surface area contributed by atoms with Gasteiger partial charge in [0.15, 0.2) is 0 Å². The summed E-state index contributed by atoms with van der Waals surface area (Å²) in [6.07, 6.45) is 0. The number of methoxy groups -OCH3 is 1. The molecule has 0 aromatic heterocycles. The lowest BCUT2D eigenvalue weighted by molar-refractivity contribution is 0.0821. The van der Waals surface area contributed by atoms with Crippen molar-refractivity contribution in [3.05, 3.63) is 35.4 Å². The van der Waals surface area contributed by atoms with E-state index in [0.29, 0.717) is 18.1 Å². The van der Waals surface area contributed by atoms with Crippen LogP contribution in [0.2, 0.25) is 0 Å². The van der Waals surface area contributed by atoms with Gasteiger partial charge in [0.2, 0.25) is 0 Å². The van der Waals surface area contributed by atoms with Gasteiger partial charge in [0.05, 0.1) is 6.61 Å². The smallest absolute Gasteiger partial charge is 0.0615 e. The molecule has 0 amide bonds. The number of ether oxygens (including phenoxy) is 1. The van der Waals surface area contributed by atoms with E-state index in [4.69, 9.17) is 4.74 Å². The third-order valence-electron chi connectivity index (χ3n) is 3.98. The number of rotatable bonds is 7. The van der Waals surface area contributed by atoms with E-state index >= 15 is 0 Å². The Bertz CT molecular complexity index is 364. The maximum Gasteiger partial charge on any atom is 0.0615 e. The van der Waals surface area contributed by atoms with Crippen LogP contribution in [0.3, 0.4) is 0 Å². The van der Waals surface area contributed by atoms with Crippen LogP contribution in [0.15, 0.2) is 24.3 Å². The maximum atomic E-state index is 5.25. The van der Waals surface area contributed by atoms with E-state index < -0.39 is 0 Å². The molecule has 1 N–H and O–H groups in total. The van der Waals surface area contributed by atoms with Crippen molar-refractivity contribution in [3.63, 3.8) is 0 Å². The van der Waals surface area contributed by atoms with Crippen molar-refractivity contribution in [2.45, 2.75) is 38.9 Å². The van der Waals surface area contributed by atoms with Crippen LogP contribution in [0.5, 0.6) is 0 Å². The number of nitrogens with one attached hydrogen (secondary N) is 1. The first kappa shape index (κ1) is 16.2. The summed E-state index contributed by atoms with van der Waals surface area (Å²) in [6, 6.07) is 9.89. The van der Waals surface area contributed by atoms with Crippen molar-refractivity contribution in [2.24, 2.45) is 0 Å². The molecule has 1 rings (SSSR count). The van der Waals surface area contributed by atoms with Gasteiger partial charge in [0, 0.05) is 25.2 Å². The molecule has 3 unspecified atom stereocenters. The molecule has 0 fully saturated rings. The van der Waals surface area contributed by atoms with Crippen LogP contribution in [-0.2, 0) is 4.74 Å². The van der Waals surface area contributed by atoms with Gasteiger partial charge in [-0.2, -0.15) is 0 Å². The molecule has 19 heavy (non-hydrogen) atoms. The average Bonchev–Trinajstić information content (AvgIpc) is 2.41. The molecule has 3 heteroatoms. The molecular formula is C16H28N2O. The predicted octanol–water partition coefficient (Wildman–Crippen LogP) is 2.61. The van der Waals surface area contributed by atoms with E-state index in [9.17, 15) is 0 Å². The summed E-state index contributed by atoms with van der Waals surface area (Å²) in [4.78, 5) is 2.37. The Morgan fingerprint density at radius 1 is 1.21 bits per heavy atom. The number of aryl methyl sites for hydroxylation is 1. The lowest BCUT2D eigenvalue weighted by atomic mass is 9.98. The molecule has 0 heterocycles. The number of benzene rings is 1. The molecule has 1 aromatic rings. The van der Waals surface area contributed by atoms with Crippen LogP contribution in [0.4, 0.5) is 0 Å². The Morgan fingerprint density at radius 2 is 1.79 bits per heavy atom. The lowest BCUT2D eigenvalue weighted by Crippen LogP contribution is -2.45. The SMILES string of the molecule is CNC(c1ccc(C)cc1)C(C)N(C)C(C)COC. The third-order valence-corrected chi connectivity index (χ3v) is 3.98. The predicted molar refractivity (Wildman–Crippen MR) is 81.5 cm³/mol. The van der Waals surface area contributed by atoms with Crippen LogP contribution < -0.4 is 5.32 Å². The maximum absolute atomic E-state index is 5.25. The highest BCUT2D eigenvalue weighted by atomic mass is 16.5. The fraction of sp³-hybridized carbons (Fsp3) is 0.625. The highest BCUT2D eigenvalue weighted by molar-refractivity contribution is 5.25. The number of likely N-dealkylation sites (N-methyl/N-ethyl adjacent to an activating group) is 2. The molecule has 3 nitrogen and oxygen atoms in total. The molecule has 0 radical (unpaired) electrons. The van der Waals surface area contributed by atoms with Gasteiger partial charge in [-0.25, -0.2) is 0 Å². The van der Waals surface area contributed by atoms with E-state index in [-0.39, 0.29) is 0 Å². The molecule has 0 aliphatic rings. The second kappa shape index (κ2) is 7.63. The largest absolute Gasteiger partial charge is 0.383 e. The van der Waals surface area contributed by atoms with Gasteiger partial charge in [-0.3, -0.25) is 4.90 Å². The van der Waals surface area contributed by atoms with E-state index in [1.165, 1.54) is 11.1 Å². The van der Waals surface area contributed by atoms with Crippen molar-refractivity contribution in [1.29, 1.82) is 0 Å². The summed E-state index contributed by atoms with van der Waals surface area (Å²) in [7, 11) is 5.94. The number of hydrogen-bond acceptors (Lipinski definition) is 3. The van der Waals surface area contributed by atoms with Crippen LogP contribution in [-0.4, -0.2) is 44.8 Å². The Balaban J connectivity index is 2.81. The van der Waals surface area contributed by atoms with Gasteiger partial charge < -0.3 is 10.1 Å². The molecule has 0 saturated heterocycles. The molecule has 0 aliphatic carbocycles. The topological polar surface area (TPSA) is 24.5 Å². The van der Waals surface area contributed by atoms with E-state index in [1.54, 1.807) is 7.11 Å². The van der Waals surface area contributed by atoms with Crippen LogP contribution in [0.25, 0.3) is 0 Å². The van der Waals surface area contributed by atoms with Gasteiger partial charge in [-0.1, -0.05) is 29.8 Å². The summed E-state index contributed by atoms with van der Waals surface area (Å²) >= 11 is 0. The number of nitrogens with zero attached hydrogens (tertiary/aromatic N) is 1. The van der Waals surface area contributed by atoms with Gasteiger partial charge >= 0.3 is 0 Å². The molecule has 0 saturated carbocycles. The van der Waals surface area contributed by atoms with Gasteiger partial charge in [-0.15, -0.1) is 0 Å². The molecule has 0 spiro atoms. The van der Waals surface area contributed by atoms with Crippen molar-refractivity contribution in [3.8, 4) is 0 Å². The normalized spacial score (nSPS) is 16.4. The number of hydrogen-bond donors (Lipinski definition) is 1. The average molecular weight is 264 g/mol. The molecule has 0 bridgehead atoms. The van der Waals surface area contributed by atoms with Crippen LogP contribution in [0, 0.1) is 6.92 Å². The zero-order valence-corrected chi connectivity index (χ0v) is 13.1. The fourth-order valence-corrected chi connectivity index (χ4v) is 2.46. The Morgan fingerprint density at radius 3 is 2.26 bits per heavy atom. The van der Waals surface area contributed by atoms with Gasteiger partial charge in [0.1, 0.15) is 0 Å². The van der Waals surface area contributed by atoms with Crippen molar-refractivity contribution >= 4 is 0 Å². The quantitative estimate of drug-likeness (QED) is 0.819. The minimum atomic E-state index is 0.324. The van der Waals surface area contributed by atoms with Crippen LogP contribution >= 0.6 is 0 Å². The second-order valence-corrected chi connectivity index (χ2v) is 5.39. The Hall–Kier alpha value is -0.900. The lowest BCUT2D eigenvalue weighted by Gasteiger charge is -2.36. The zero-order chi connectivity index (χ0) is 14.4. The Labute approximate surface area is 118 Å². The Kier molecular flexibility index (Phi) is 6.49.